The molecule has 5 aliphatic rings. The molecule has 4 aromatic carbocycles. The van der Waals surface area contributed by atoms with E-state index in [4.69, 9.17) is 75.3 Å². The number of nitrogens with one attached hydrogen (secondary N) is 4. The second-order valence-electron chi connectivity index (χ2n) is 38.6. The number of ether oxygens (including phenoxy) is 4. The maximum absolute atomic E-state index is 13.2. The molecule has 4 saturated heterocycles. The van der Waals surface area contributed by atoms with Gasteiger partial charge in [-0.15, -0.1) is 0 Å². The van der Waals surface area contributed by atoms with Gasteiger partial charge in [0.25, 0.3) is 22.2 Å². The highest BCUT2D eigenvalue weighted by atomic mass is 35.5. The molecule has 1 saturated carbocycles. The molecule has 760 valence electrons. The first kappa shape index (κ1) is 106. The lowest BCUT2D eigenvalue weighted by Crippen LogP contribution is -2.47. The normalized spacial score (nSPS) is 15.2. The zero-order chi connectivity index (χ0) is 102. The molecular weight excluding hydrogens is 1900 g/mol. The molecule has 5 fully saturated rings. The number of likely N-dealkylation sites (N-methyl/N-ethyl adjacent to an activating group) is 2. The van der Waals surface area contributed by atoms with Gasteiger partial charge in [0.2, 0.25) is 23.8 Å². The van der Waals surface area contributed by atoms with Crippen LogP contribution in [0.15, 0.2) is 141 Å². The highest BCUT2D eigenvalue weighted by Gasteiger charge is 2.44. The molecule has 0 radical (unpaired) electrons. The van der Waals surface area contributed by atoms with Crippen molar-refractivity contribution in [3.63, 3.8) is 0 Å². The lowest BCUT2D eigenvalue weighted by Gasteiger charge is -2.51. The number of ketones is 4. The number of piperazine rings is 1. The van der Waals surface area contributed by atoms with Crippen LogP contribution < -0.4 is 82.1 Å². The third kappa shape index (κ3) is 26.7. The van der Waals surface area contributed by atoms with Gasteiger partial charge in [-0.2, -0.15) is 19.9 Å². The van der Waals surface area contributed by atoms with E-state index >= 15 is 0 Å². The zero-order valence-electron chi connectivity index (χ0n) is 84.2. The molecule has 38 heteroatoms. The van der Waals surface area contributed by atoms with Gasteiger partial charge in [-0.3, -0.25) is 38.4 Å². The second-order valence-corrected chi connectivity index (χ2v) is 40.2. The Morgan fingerprint density at radius 2 is 0.699 bits per heavy atom. The summed E-state index contributed by atoms with van der Waals surface area (Å²) in [5.74, 6) is 7.38. The summed E-state index contributed by atoms with van der Waals surface area (Å²) in [5.41, 5.74) is 5.62. The molecule has 17 rings (SSSR count). The van der Waals surface area contributed by atoms with E-state index in [1.165, 1.54) is 30.3 Å². The number of pyridine rings is 4. The Bertz CT molecular complexity index is 6860. The summed E-state index contributed by atoms with van der Waals surface area (Å²) in [6, 6.07) is 29.3. The average Bonchev–Trinajstić information content (AvgIpc) is 0.773. The molecule has 1 spiro atoms. The number of aromatic nitrogens is 12. The van der Waals surface area contributed by atoms with Gasteiger partial charge in [0.1, 0.15) is 46.5 Å². The van der Waals surface area contributed by atoms with Gasteiger partial charge < -0.3 is 87.9 Å². The minimum atomic E-state index is -0.286. The van der Waals surface area contributed by atoms with Crippen molar-refractivity contribution in [2.75, 3.05) is 160 Å². The Morgan fingerprint density at radius 1 is 0.399 bits per heavy atom. The average molecular weight is 2030 g/mol. The van der Waals surface area contributed by atoms with Gasteiger partial charge in [-0.1, -0.05) is 94.9 Å². The van der Waals surface area contributed by atoms with Crippen molar-refractivity contribution in [3.8, 4) is 23.0 Å². The Hall–Kier alpha value is -12.6. The van der Waals surface area contributed by atoms with Crippen molar-refractivity contribution in [2.45, 2.75) is 172 Å². The molecule has 0 bridgehead atoms. The van der Waals surface area contributed by atoms with Crippen LogP contribution in [0.2, 0.25) is 20.1 Å². The number of halogens is 4. The van der Waals surface area contributed by atoms with E-state index in [9.17, 15) is 38.4 Å². The van der Waals surface area contributed by atoms with Gasteiger partial charge in [-0.05, 0) is 220 Å². The Kier molecular flexibility index (Phi) is 35.8. The lowest BCUT2D eigenvalue weighted by molar-refractivity contribution is -0.121. The number of Topliss-reactive ketones (excluding diaryl/α,β-unsaturated/α-hetero) is 4. The summed E-state index contributed by atoms with van der Waals surface area (Å²) >= 11 is 25.7. The third-order valence-electron chi connectivity index (χ3n) is 26.8. The van der Waals surface area contributed by atoms with Crippen LogP contribution in [0, 0.1) is 23.2 Å². The summed E-state index contributed by atoms with van der Waals surface area (Å²) in [6.07, 6.45) is 17.4. The molecule has 12 heterocycles. The number of rotatable bonds is 33. The van der Waals surface area contributed by atoms with Crippen molar-refractivity contribution in [1.29, 1.82) is 0 Å². The molecule has 12 aromatic rings. The van der Waals surface area contributed by atoms with E-state index in [1.54, 1.807) is 97.5 Å². The van der Waals surface area contributed by atoms with E-state index in [2.05, 4.69) is 103 Å². The fourth-order valence-electron chi connectivity index (χ4n) is 18.1. The predicted octanol–water partition coefficient (Wildman–Crippen LogP) is 18.7. The van der Waals surface area contributed by atoms with Gasteiger partial charge in [-0.25, -0.2) is 19.9 Å². The van der Waals surface area contributed by atoms with Crippen LogP contribution in [0.3, 0.4) is 0 Å². The standard InChI is InChI=1S/C29H36ClN5O3.C27H35ClN6O3.C25H31ClN6O3.C24H28ClN5O3/c1-5-22(36)17-38-25-13-20-12-21(6-7-24(20)35(18(2)3)27(25)37)32-26-23(30)16-31-28(33-26)34-10-8-29(9-11-34)14-19(4)15-29;1-5-21(35)17-37-24-15-19-14-20(6-7-23(19)34(26(24)36)13-12-32(3)4)30-25-22(28)16-29-27(31-25)33-10-8-18(2)9-11-33;1-5-19(33)15-35-22-13-17-12-18(6-7-21(17)32(16(2)3)24(22)34)28-23-20(26)14-27-25(29-23)31-10-8-30(4)9-11-31;1-4-18(31)14-33-21-12-16-11-17(5-6-20(16)29(3)23(21)32)27-22-19(25)13-26-24(28-22)30-9-7-15(2)8-10-30/h6-7,12-13,16,18-19H,5,8-11,14-15,17H2,1-4H3,(H,31,32,33);6-7,14-16,18H,5,8-13,17H2,1-4H3,(H,29,30,31);6-7,12-14,16H,5,8-11,15H2,1-4H3,(H,27,28,29);5-6,11-13,15H,4,7-10,14H2,1-3H3,(H,26,27,28). The number of aryl methyl sites for hydroxylation is 1. The molecule has 4 aliphatic heterocycles. The van der Waals surface area contributed by atoms with Crippen molar-refractivity contribution < 1.29 is 38.1 Å². The fraction of sp³-hybridized carbons (Fsp3) is 0.467. The molecular formula is C105H130Cl4N22O12. The third-order valence-corrected chi connectivity index (χ3v) is 27.9. The minimum Gasteiger partial charge on any atom is -0.480 e. The molecule has 34 nitrogen and oxygen atoms in total. The number of anilines is 12. The largest absolute Gasteiger partial charge is 0.480 e. The Labute approximate surface area is 852 Å². The molecule has 0 atom stereocenters. The number of hydrogen-bond acceptors (Lipinski definition) is 30. The number of carbonyl (C=O) groups is 4. The number of hydrogen-bond donors (Lipinski definition) is 4. The lowest BCUT2D eigenvalue weighted by atomic mass is 9.58. The summed E-state index contributed by atoms with van der Waals surface area (Å²) in [6.45, 7) is 31.6. The maximum Gasteiger partial charge on any atom is 0.293 e. The fourth-order valence-corrected chi connectivity index (χ4v) is 18.7. The first-order valence-electron chi connectivity index (χ1n) is 49.3. The number of nitrogens with zero attached hydrogens (tertiary/aromatic N) is 18. The summed E-state index contributed by atoms with van der Waals surface area (Å²) in [5, 5.41) is 18.1. The van der Waals surface area contributed by atoms with E-state index in [0.29, 0.717) is 123 Å². The van der Waals surface area contributed by atoms with E-state index in [1.807, 2.05) is 119 Å². The molecule has 8 aromatic heterocycles. The van der Waals surface area contributed by atoms with Crippen LogP contribution in [0.4, 0.5) is 69.8 Å². The summed E-state index contributed by atoms with van der Waals surface area (Å²) in [7, 11) is 7.70. The topological polar surface area (TPSA) is 364 Å². The predicted molar refractivity (Wildman–Crippen MR) is 571 cm³/mol. The van der Waals surface area contributed by atoms with Crippen molar-refractivity contribution in [1.82, 2.24) is 67.9 Å². The second kappa shape index (κ2) is 48.2. The Morgan fingerprint density at radius 3 is 1.03 bits per heavy atom. The highest BCUT2D eigenvalue weighted by Crippen LogP contribution is 2.53. The number of fused-ring (bicyclic) bond motifs is 4. The van der Waals surface area contributed by atoms with Gasteiger partial charge in [0.15, 0.2) is 69.4 Å². The SMILES string of the molecule is CCC(=O)COc1cc2cc(Nc3nc(N4CCC(C)CC4)ncc3Cl)ccc2n(C)c1=O.CCC(=O)COc1cc2cc(Nc3nc(N4CCC(C)CC4)ncc3Cl)ccc2n(CCN(C)C)c1=O.CCC(=O)COc1cc2cc(Nc3nc(N4CCC5(CC4)CC(C)C5)ncc3Cl)ccc2n(C(C)C)c1=O.CCC(=O)COc1cc2cc(Nc3nc(N4CCN(C)CC4)ncc3Cl)ccc2n(C(C)C)c1=O. The number of benzene rings is 4. The van der Waals surface area contributed by atoms with E-state index in [-0.39, 0.29) is 107 Å². The van der Waals surface area contributed by atoms with Crippen LogP contribution in [0.5, 0.6) is 23.0 Å². The first-order valence-corrected chi connectivity index (χ1v) is 50.8. The van der Waals surface area contributed by atoms with Crippen LogP contribution in [0.25, 0.3) is 43.6 Å². The van der Waals surface area contributed by atoms with Crippen LogP contribution in [-0.2, 0) is 32.8 Å². The van der Waals surface area contributed by atoms with Crippen LogP contribution in [0.1, 0.15) is 165 Å². The van der Waals surface area contributed by atoms with E-state index < -0.39 is 0 Å². The van der Waals surface area contributed by atoms with Crippen molar-refractivity contribution in [2.24, 2.45) is 30.2 Å². The first-order chi connectivity index (χ1) is 68.5. The molecule has 0 amide bonds. The van der Waals surface area contributed by atoms with Gasteiger partial charge in [0, 0.05) is 168 Å². The van der Waals surface area contributed by atoms with Gasteiger partial charge >= 0.3 is 0 Å². The van der Waals surface area contributed by atoms with Crippen LogP contribution >= 0.6 is 46.4 Å². The summed E-state index contributed by atoms with van der Waals surface area (Å²) in [4.78, 5) is 149. The molecule has 4 N–H and O–H groups in total. The summed E-state index contributed by atoms with van der Waals surface area (Å²) < 4.78 is 28.9. The van der Waals surface area contributed by atoms with Crippen molar-refractivity contribution >= 4 is 183 Å². The quantitative estimate of drug-likeness (QED) is 0.0297. The van der Waals surface area contributed by atoms with Crippen LogP contribution in [-0.4, -0.2) is 211 Å². The van der Waals surface area contributed by atoms with Gasteiger partial charge in [0.05, 0.1) is 46.9 Å². The minimum absolute atomic E-state index is 0.0589. The van der Waals surface area contributed by atoms with E-state index in [0.717, 1.165) is 163 Å². The smallest absolute Gasteiger partial charge is 0.293 e. The monoisotopic (exact) mass is 2030 g/mol. The zero-order valence-corrected chi connectivity index (χ0v) is 87.2. The molecule has 0 unspecified atom stereocenters. The number of carbonyl (C=O) groups excluding carboxylic acids is 4. The molecule has 1 aliphatic carbocycles. The molecule has 143 heavy (non-hydrogen) atoms. The Balaban J connectivity index is 0.000000151. The maximum atomic E-state index is 13.2. The van der Waals surface area contributed by atoms with Crippen molar-refractivity contribution in [3.05, 3.63) is 183 Å². The number of piperidine rings is 3. The highest BCUT2D eigenvalue weighted by molar-refractivity contribution is 6.34.